The van der Waals surface area contributed by atoms with E-state index in [0.29, 0.717) is 4.47 Å². The van der Waals surface area contributed by atoms with Crippen LogP contribution in [0.1, 0.15) is 19.8 Å². The van der Waals surface area contributed by atoms with E-state index in [9.17, 15) is 14.0 Å². The molecule has 0 aliphatic rings. The Morgan fingerprint density at radius 3 is 2.68 bits per heavy atom. The van der Waals surface area contributed by atoms with Crippen molar-refractivity contribution < 1.29 is 23.5 Å². The molecule has 0 aromatic heterocycles. The number of carbonyl (C=O) groups excluding carboxylic acids is 2. The maximum Gasteiger partial charge on any atom is 0.306 e. The number of hydrogen-bond acceptors (Lipinski definition) is 4. The first kappa shape index (κ1) is 15.6. The zero-order valence-corrected chi connectivity index (χ0v) is 12.0. The van der Waals surface area contributed by atoms with Crippen LogP contribution in [0.4, 0.5) is 4.39 Å². The molecule has 0 atom stereocenters. The standard InChI is InChI=1S/C13H14BrFO4/c1-2-18-13(17)6-4-10(16)8-19-12-5-3-9(14)7-11(12)15/h3,5,7H,2,4,6,8H2,1H3. The van der Waals surface area contributed by atoms with Gasteiger partial charge in [0.15, 0.2) is 17.3 Å². The molecule has 104 valence electrons. The van der Waals surface area contributed by atoms with Gasteiger partial charge >= 0.3 is 5.97 Å². The summed E-state index contributed by atoms with van der Waals surface area (Å²) in [6, 6.07) is 4.29. The molecule has 1 aromatic carbocycles. The molecular weight excluding hydrogens is 319 g/mol. The summed E-state index contributed by atoms with van der Waals surface area (Å²) >= 11 is 3.12. The first-order valence-electron chi connectivity index (χ1n) is 5.78. The van der Waals surface area contributed by atoms with Gasteiger partial charge in [0.05, 0.1) is 13.0 Å². The van der Waals surface area contributed by atoms with Crippen LogP contribution in [0.3, 0.4) is 0 Å². The summed E-state index contributed by atoms with van der Waals surface area (Å²) in [6.45, 7) is 1.71. The number of ketones is 1. The van der Waals surface area contributed by atoms with Crippen molar-refractivity contribution in [2.24, 2.45) is 0 Å². The third-order valence-electron chi connectivity index (χ3n) is 2.20. The molecule has 0 N–H and O–H groups in total. The topological polar surface area (TPSA) is 52.6 Å². The number of carbonyl (C=O) groups is 2. The molecule has 0 fully saturated rings. The molecule has 0 saturated heterocycles. The zero-order chi connectivity index (χ0) is 14.3. The van der Waals surface area contributed by atoms with Crippen molar-refractivity contribution in [3.63, 3.8) is 0 Å². The van der Waals surface area contributed by atoms with E-state index in [1.165, 1.54) is 12.1 Å². The van der Waals surface area contributed by atoms with Gasteiger partial charge in [-0.3, -0.25) is 9.59 Å². The third-order valence-corrected chi connectivity index (χ3v) is 2.69. The van der Waals surface area contributed by atoms with E-state index in [0.717, 1.165) is 0 Å². The second kappa shape index (κ2) is 7.89. The van der Waals surface area contributed by atoms with Gasteiger partial charge in [-0.05, 0) is 25.1 Å². The lowest BCUT2D eigenvalue weighted by molar-refractivity contribution is -0.144. The summed E-state index contributed by atoms with van der Waals surface area (Å²) < 4.78 is 23.7. The van der Waals surface area contributed by atoms with Gasteiger partial charge in [-0.25, -0.2) is 4.39 Å². The lowest BCUT2D eigenvalue weighted by atomic mass is 10.2. The number of halogens is 2. The van der Waals surface area contributed by atoms with E-state index in [4.69, 9.17) is 9.47 Å². The smallest absolute Gasteiger partial charge is 0.306 e. The quantitative estimate of drug-likeness (QED) is 0.720. The second-order valence-corrected chi connectivity index (χ2v) is 4.62. The first-order chi connectivity index (χ1) is 9.02. The van der Waals surface area contributed by atoms with Crippen molar-refractivity contribution in [3.8, 4) is 5.75 Å². The van der Waals surface area contributed by atoms with Crippen LogP contribution in [-0.2, 0) is 14.3 Å². The van der Waals surface area contributed by atoms with Gasteiger partial charge in [-0.1, -0.05) is 15.9 Å². The van der Waals surface area contributed by atoms with Gasteiger partial charge < -0.3 is 9.47 Å². The predicted molar refractivity (Wildman–Crippen MR) is 70.5 cm³/mol. The highest BCUT2D eigenvalue weighted by Gasteiger charge is 2.10. The molecule has 0 amide bonds. The molecule has 0 spiro atoms. The minimum atomic E-state index is -0.549. The molecule has 1 rings (SSSR count). The Morgan fingerprint density at radius 2 is 2.05 bits per heavy atom. The maximum atomic E-state index is 13.4. The van der Waals surface area contributed by atoms with Gasteiger partial charge in [-0.15, -0.1) is 0 Å². The molecule has 0 aliphatic heterocycles. The van der Waals surface area contributed by atoms with Crippen LogP contribution in [0.25, 0.3) is 0 Å². The van der Waals surface area contributed by atoms with Crippen molar-refractivity contribution >= 4 is 27.7 Å². The SMILES string of the molecule is CCOC(=O)CCC(=O)COc1ccc(Br)cc1F. The summed E-state index contributed by atoms with van der Waals surface area (Å²) in [5.74, 6) is -1.25. The van der Waals surface area contributed by atoms with Gasteiger partial charge in [0.1, 0.15) is 6.61 Å². The van der Waals surface area contributed by atoms with Crippen LogP contribution >= 0.6 is 15.9 Å². The molecule has 0 bridgehead atoms. The van der Waals surface area contributed by atoms with Crippen LogP contribution < -0.4 is 4.74 Å². The zero-order valence-electron chi connectivity index (χ0n) is 10.4. The number of esters is 1. The second-order valence-electron chi connectivity index (χ2n) is 3.71. The van der Waals surface area contributed by atoms with E-state index >= 15 is 0 Å². The highest BCUT2D eigenvalue weighted by atomic mass is 79.9. The van der Waals surface area contributed by atoms with Gasteiger partial charge in [0.2, 0.25) is 0 Å². The van der Waals surface area contributed by atoms with Crippen molar-refractivity contribution in [1.29, 1.82) is 0 Å². The van der Waals surface area contributed by atoms with Crippen molar-refractivity contribution in [3.05, 3.63) is 28.5 Å². The Kier molecular flexibility index (Phi) is 6.49. The summed E-state index contributed by atoms with van der Waals surface area (Å²) in [4.78, 5) is 22.5. The van der Waals surface area contributed by atoms with Crippen LogP contribution in [0.2, 0.25) is 0 Å². The minimum Gasteiger partial charge on any atom is -0.483 e. The first-order valence-corrected chi connectivity index (χ1v) is 6.57. The highest BCUT2D eigenvalue weighted by molar-refractivity contribution is 9.10. The molecule has 0 unspecified atom stereocenters. The van der Waals surface area contributed by atoms with Gasteiger partial charge in [0, 0.05) is 10.9 Å². The number of Topliss-reactive ketones (excluding diaryl/α,β-unsaturated/α-hetero) is 1. The largest absolute Gasteiger partial charge is 0.483 e. The third kappa shape index (κ3) is 5.83. The number of rotatable bonds is 7. The molecule has 19 heavy (non-hydrogen) atoms. The number of hydrogen-bond donors (Lipinski definition) is 0. The number of ether oxygens (including phenoxy) is 2. The van der Waals surface area contributed by atoms with Gasteiger partial charge in [-0.2, -0.15) is 0 Å². The Hall–Kier alpha value is -1.43. The lowest BCUT2D eigenvalue weighted by Crippen LogP contribution is -2.14. The Morgan fingerprint density at radius 1 is 1.32 bits per heavy atom. The van der Waals surface area contributed by atoms with E-state index in [1.54, 1.807) is 13.0 Å². The summed E-state index contributed by atoms with van der Waals surface area (Å²) in [6.07, 6.45) is 0.0375. The molecule has 0 aliphatic carbocycles. The fraction of sp³-hybridized carbons (Fsp3) is 0.385. The molecule has 4 nitrogen and oxygen atoms in total. The Balaban J connectivity index is 2.36. The lowest BCUT2D eigenvalue weighted by Gasteiger charge is -2.06. The fourth-order valence-corrected chi connectivity index (χ4v) is 1.63. The maximum absolute atomic E-state index is 13.4. The minimum absolute atomic E-state index is 0.00712. The average Bonchev–Trinajstić information content (AvgIpc) is 2.35. The van der Waals surface area contributed by atoms with E-state index < -0.39 is 11.8 Å². The van der Waals surface area contributed by atoms with Gasteiger partial charge in [0.25, 0.3) is 0 Å². The molecule has 6 heteroatoms. The van der Waals surface area contributed by atoms with E-state index in [1.807, 2.05) is 0 Å². The molecular formula is C13H14BrFO4. The Bertz CT molecular complexity index is 462. The van der Waals surface area contributed by atoms with Crippen LogP contribution in [0.5, 0.6) is 5.75 Å². The number of benzene rings is 1. The predicted octanol–water partition coefficient (Wildman–Crippen LogP) is 2.88. The average molecular weight is 333 g/mol. The van der Waals surface area contributed by atoms with E-state index in [-0.39, 0.29) is 37.6 Å². The van der Waals surface area contributed by atoms with Crippen molar-refractivity contribution in [1.82, 2.24) is 0 Å². The summed E-state index contributed by atoms with van der Waals surface area (Å²) in [5, 5.41) is 0. The molecule has 1 aromatic rings. The van der Waals surface area contributed by atoms with Crippen molar-refractivity contribution in [2.45, 2.75) is 19.8 Å². The molecule has 0 heterocycles. The van der Waals surface area contributed by atoms with Crippen LogP contribution in [-0.4, -0.2) is 25.0 Å². The molecule has 0 radical (unpaired) electrons. The monoisotopic (exact) mass is 332 g/mol. The normalized spacial score (nSPS) is 10.1. The van der Waals surface area contributed by atoms with Crippen molar-refractivity contribution in [2.75, 3.05) is 13.2 Å². The summed E-state index contributed by atoms with van der Waals surface area (Å²) in [5.41, 5.74) is 0. The van der Waals surface area contributed by atoms with E-state index in [2.05, 4.69) is 15.9 Å². The van der Waals surface area contributed by atoms with Crippen LogP contribution in [0, 0.1) is 5.82 Å². The fourth-order valence-electron chi connectivity index (χ4n) is 1.30. The van der Waals surface area contributed by atoms with Crippen LogP contribution in [0.15, 0.2) is 22.7 Å². The summed E-state index contributed by atoms with van der Waals surface area (Å²) in [7, 11) is 0. The Labute approximate surface area is 119 Å². The molecule has 0 saturated carbocycles. The highest BCUT2D eigenvalue weighted by Crippen LogP contribution is 2.21.